The minimum Gasteiger partial charge on any atom is -0.481 e. The van der Waals surface area contributed by atoms with Crippen molar-refractivity contribution in [2.45, 2.75) is 45.8 Å². The van der Waals surface area contributed by atoms with Crippen LogP contribution >= 0.6 is 11.3 Å². The number of nitrogens with one attached hydrogen (secondary N) is 1. The molecule has 0 aliphatic carbocycles. The molecule has 1 aliphatic heterocycles. The summed E-state index contributed by atoms with van der Waals surface area (Å²) < 4.78 is 7.92. The molecule has 10 heteroatoms. The first kappa shape index (κ1) is 21.9. The Hall–Kier alpha value is -3.29. The van der Waals surface area contributed by atoms with E-state index in [1.807, 2.05) is 33.0 Å². The standard InChI is InChI=1S/C22H26N8OS/c1-13-10-26-22(32-13)15(3)31-19-8-16(12-30-21(19)17(9-23)11-27-30)20(29-24)14(2)28-18-4-6-25-7-5-18/h8,10-12,15,18,25H,4-7,24H2,1-3H3/b28-14?,29-20+. The van der Waals surface area contributed by atoms with Crippen LogP contribution in [0.4, 0.5) is 0 Å². The van der Waals surface area contributed by atoms with E-state index in [1.54, 1.807) is 22.0 Å². The SMILES string of the molecule is CC(=NC1CCNCC1)/C(=N\N)c1cc(OC(C)c2ncc(C)s2)c2c(C#N)cnn2c1. The molecule has 4 rings (SSSR count). The van der Waals surface area contributed by atoms with Gasteiger partial charge in [-0.2, -0.15) is 15.5 Å². The first-order valence-corrected chi connectivity index (χ1v) is 11.4. The fraction of sp³-hybridized carbons (Fsp3) is 0.409. The minimum atomic E-state index is -0.294. The monoisotopic (exact) mass is 450 g/mol. The molecule has 0 bridgehead atoms. The van der Waals surface area contributed by atoms with Gasteiger partial charge in [-0.25, -0.2) is 9.50 Å². The van der Waals surface area contributed by atoms with Crippen LogP contribution in [-0.4, -0.2) is 45.2 Å². The van der Waals surface area contributed by atoms with Gasteiger partial charge in [0.05, 0.1) is 18.0 Å². The topological polar surface area (TPSA) is 126 Å². The number of rotatable bonds is 6. The Morgan fingerprint density at radius 2 is 2.19 bits per heavy atom. The van der Waals surface area contributed by atoms with E-state index in [9.17, 15) is 5.26 Å². The van der Waals surface area contributed by atoms with Gasteiger partial charge in [0.1, 0.15) is 39.7 Å². The highest BCUT2D eigenvalue weighted by atomic mass is 32.1. The van der Waals surface area contributed by atoms with Crippen LogP contribution in [0.25, 0.3) is 5.52 Å². The predicted molar refractivity (Wildman–Crippen MR) is 126 cm³/mol. The van der Waals surface area contributed by atoms with Gasteiger partial charge >= 0.3 is 0 Å². The van der Waals surface area contributed by atoms with E-state index < -0.39 is 0 Å². The fourth-order valence-corrected chi connectivity index (χ4v) is 4.59. The molecular weight excluding hydrogens is 424 g/mol. The van der Waals surface area contributed by atoms with E-state index >= 15 is 0 Å². The Balaban J connectivity index is 1.73. The van der Waals surface area contributed by atoms with Crippen LogP contribution in [0.1, 0.15) is 53.8 Å². The van der Waals surface area contributed by atoms with Crippen molar-refractivity contribution in [3.05, 3.63) is 45.7 Å². The van der Waals surface area contributed by atoms with Gasteiger partial charge < -0.3 is 15.9 Å². The van der Waals surface area contributed by atoms with Crippen molar-refractivity contribution in [3.63, 3.8) is 0 Å². The number of ether oxygens (including phenoxy) is 1. The zero-order valence-corrected chi connectivity index (χ0v) is 19.2. The Kier molecular flexibility index (Phi) is 6.48. The Labute approximate surface area is 190 Å². The number of hydrazone groups is 1. The van der Waals surface area contributed by atoms with Gasteiger partial charge in [-0.1, -0.05) is 0 Å². The zero-order chi connectivity index (χ0) is 22.7. The summed E-state index contributed by atoms with van der Waals surface area (Å²) in [5.41, 5.74) is 3.09. The van der Waals surface area contributed by atoms with Crippen molar-refractivity contribution in [2.24, 2.45) is 15.9 Å². The molecule has 166 valence electrons. The average Bonchev–Trinajstić information content (AvgIpc) is 3.41. The van der Waals surface area contributed by atoms with Gasteiger partial charge in [-0.15, -0.1) is 11.3 Å². The number of aromatic nitrogens is 3. The number of nitriles is 1. The first-order chi connectivity index (χ1) is 15.5. The van der Waals surface area contributed by atoms with Crippen molar-refractivity contribution < 1.29 is 4.74 Å². The summed E-state index contributed by atoms with van der Waals surface area (Å²) in [4.78, 5) is 10.4. The van der Waals surface area contributed by atoms with Gasteiger partial charge in [-0.05, 0) is 52.8 Å². The molecule has 1 unspecified atom stereocenters. The molecule has 1 fully saturated rings. The Bertz CT molecular complexity index is 1210. The lowest BCUT2D eigenvalue weighted by molar-refractivity contribution is 0.228. The molecule has 0 aromatic carbocycles. The second-order valence-corrected chi connectivity index (χ2v) is 9.07. The number of fused-ring (bicyclic) bond motifs is 1. The number of aliphatic imine (C=N–C) groups is 1. The third kappa shape index (κ3) is 4.49. The third-order valence-electron chi connectivity index (χ3n) is 5.42. The molecule has 32 heavy (non-hydrogen) atoms. The van der Waals surface area contributed by atoms with Gasteiger partial charge in [-0.3, -0.25) is 4.99 Å². The molecule has 1 saturated heterocycles. The minimum absolute atomic E-state index is 0.246. The number of piperidine rings is 1. The van der Waals surface area contributed by atoms with E-state index in [0.717, 1.165) is 47.1 Å². The Morgan fingerprint density at radius 3 is 2.84 bits per heavy atom. The van der Waals surface area contributed by atoms with Crippen LogP contribution in [0, 0.1) is 18.3 Å². The fourth-order valence-electron chi connectivity index (χ4n) is 3.83. The van der Waals surface area contributed by atoms with E-state index in [1.165, 1.54) is 6.20 Å². The van der Waals surface area contributed by atoms with Crippen LogP contribution < -0.4 is 15.9 Å². The van der Waals surface area contributed by atoms with Crippen molar-refractivity contribution in [1.82, 2.24) is 19.9 Å². The number of hydrogen-bond acceptors (Lipinski definition) is 9. The molecule has 0 amide bonds. The van der Waals surface area contributed by atoms with Crippen molar-refractivity contribution in [2.75, 3.05) is 13.1 Å². The second kappa shape index (κ2) is 9.46. The molecule has 4 heterocycles. The largest absolute Gasteiger partial charge is 0.481 e. The lowest BCUT2D eigenvalue weighted by Crippen LogP contribution is -2.31. The number of nitrogens with two attached hydrogens (primary N) is 1. The molecule has 3 aromatic heterocycles. The highest BCUT2D eigenvalue weighted by Crippen LogP contribution is 2.31. The van der Waals surface area contributed by atoms with Crippen LogP contribution in [-0.2, 0) is 0 Å². The van der Waals surface area contributed by atoms with Crippen molar-refractivity contribution >= 4 is 28.3 Å². The summed E-state index contributed by atoms with van der Waals surface area (Å²) in [5.74, 6) is 6.32. The normalized spacial score (nSPS) is 16.8. The summed E-state index contributed by atoms with van der Waals surface area (Å²) in [6.07, 6.45) is 6.83. The quantitative estimate of drug-likeness (QED) is 0.338. The molecule has 0 radical (unpaired) electrons. The summed E-state index contributed by atoms with van der Waals surface area (Å²) in [5, 5.41) is 22.2. The lowest BCUT2D eigenvalue weighted by atomic mass is 10.0. The first-order valence-electron chi connectivity index (χ1n) is 10.5. The van der Waals surface area contributed by atoms with Crippen LogP contribution in [0.5, 0.6) is 5.75 Å². The smallest absolute Gasteiger partial charge is 0.148 e. The van der Waals surface area contributed by atoms with Crippen LogP contribution in [0.15, 0.2) is 34.8 Å². The highest BCUT2D eigenvalue weighted by molar-refractivity contribution is 7.11. The zero-order valence-electron chi connectivity index (χ0n) is 18.4. The molecule has 3 N–H and O–H groups in total. The molecule has 3 aromatic rings. The second-order valence-electron chi connectivity index (χ2n) is 7.80. The molecule has 1 atom stereocenters. The maximum Gasteiger partial charge on any atom is 0.148 e. The summed E-state index contributed by atoms with van der Waals surface area (Å²) in [7, 11) is 0. The number of pyridine rings is 1. The molecule has 1 aliphatic rings. The van der Waals surface area contributed by atoms with Crippen molar-refractivity contribution in [3.8, 4) is 11.8 Å². The van der Waals surface area contributed by atoms with E-state index in [0.29, 0.717) is 22.5 Å². The maximum atomic E-state index is 9.56. The molecule has 9 nitrogen and oxygen atoms in total. The maximum absolute atomic E-state index is 9.56. The number of thiazole rings is 1. The Morgan fingerprint density at radius 1 is 1.41 bits per heavy atom. The number of aryl methyl sites for hydroxylation is 1. The van der Waals surface area contributed by atoms with Gasteiger partial charge in [0.25, 0.3) is 0 Å². The van der Waals surface area contributed by atoms with Gasteiger partial charge in [0.15, 0.2) is 0 Å². The molecule has 0 spiro atoms. The lowest BCUT2D eigenvalue weighted by Gasteiger charge is -2.20. The summed E-state index contributed by atoms with van der Waals surface area (Å²) >= 11 is 1.58. The third-order valence-corrected chi connectivity index (χ3v) is 6.49. The van der Waals surface area contributed by atoms with E-state index in [2.05, 4.69) is 26.6 Å². The average molecular weight is 451 g/mol. The van der Waals surface area contributed by atoms with Crippen LogP contribution in [0.2, 0.25) is 0 Å². The number of nitrogens with zero attached hydrogens (tertiary/aromatic N) is 6. The molecule has 0 saturated carbocycles. The predicted octanol–water partition coefficient (Wildman–Crippen LogP) is 2.99. The van der Waals surface area contributed by atoms with E-state index in [-0.39, 0.29) is 12.1 Å². The summed E-state index contributed by atoms with van der Waals surface area (Å²) in [6, 6.07) is 4.28. The molecular formula is C22H26N8OS. The number of hydrogen-bond donors (Lipinski definition) is 2. The summed E-state index contributed by atoms with van der Waals surface area (Å²) in [6.45, 7) is 7.78. The highest BCUT2D eigenvalue weighted by Gasteiger charge is 2.20. The van der Waals surface area contributed by atoms with Crippen molar-refractivity contribution in [1.29, 1.82) is 5.26 Å². The van der Waals surface area contributed by atoms with Crippen LogP contribution in [0.3, 0.4) is 0 Å². The van der Waals surface area contributed by atoms with E-state index in [4.69, 9.17) is 15.6 Å². The van der Waals surface area contributed by atoms with Gasteiger partial charge in [0, 0.05) is 22.8 Å². The van der Waals surface area contributed by atoms with Gasteiger partial charge in [0.2, 0.25) is 0 Å².